The molecule has 6 nitrogen and oxygen atoms in total. The Morgan fingerprint density at radius 1 is 1.48 bits per heavy atom. The molecule has 1 fully saturated rings. The van der Waals surface area contributed by atoms with E-state index in [9.17, 15) is 8.42 Å². The van der Waals surface area contributed by atoms with Gasteiger partial charge in [-0.2, -0.15) is 0 Å². The quantitative estimate of drug-likeness (QED) is 0.856. The molecule has 0 saturated carbocycles. The molecule has 0 radical (unpaired) electrons. The summed E-state index contributed by atoms with van der Waals surface area (Å²) in [4.78, 5) is 6.29. The molecule has 2 rings (SSSR count). The third-order valence-electron chi connectivity index (χ3n) is 3.92. The van der Waals surface area contributed by atoms with E-state index >= 15 is 0 Å². The number of anilines is 1. The molecule has 0 spiro atoms. The highest BCUT2D eigenvalue weighted by atomic mass is 32.2. The minimum absolute atomic E-state index is 0.0299. The molecule has 21 heavy (non-hydrogen) atoms. The van der Waals surface area contributed by atoms with Gasteiger partial charge in [0.15, 0.2) is 5.03 Å². The second kappa shape index (κ2) is 6.72. The van der Waals surface area contributed by atoms with Crippen LogP contribution in [-0.2, 0) is 10.0 Å². The molecule has 0 aliphatic carbocycles. The molecule has 0 bridgehead atoms. The van der Waals surface area contributed by atoms with Gasteiger partial charge in [-0.25, -0.2) is 18.1 Å². The first-order chi connectivity index (χ1) is 9.94. The first-order valence-corrected chi connectivity index (χ1v) is 8.83. The van der Waals surface area contributed by atoms with E-state index in [2.05, 4.69) is 33.9 Å². The third kappa shape index (κ3) is 3.93. The number of aromatic nitrogens is 1. The smallest absolute Gasteiger partial charge is 0.260 e. The zero-order chi connectivity index (χ0) is 15.5. The Kier molecular flexibility index (Phi) is 5.18. The minimum Gasteiger partial charge on any atom is -0.383 e. The molecular formula is C14H24N4O2S. The predicted octanol–water partition coefficient (Wildman–Crippen LogP) is 1.27. The summed E-state index contributed by atoms with van der Waals surface area (Å²) >= 11 is 0. The van der Waals surface area contributed by atoms with Gasteiger partial charge in [-0.15, -0.1) is 0 Å². The highest BCUT2D eigenvalue weighted by molar-refractivity contribution is 7.89. The van der Waals surface area contributed by atoms with Gasteiger partial charge in [0, 0.05) is 24.8 Å². The van der Waals surface area contributed by atoms with Gasteiger partial charge >= 0.3 is 0 Å². The van der Waals surface area contributed by atoms with Crippen LogP contribution in [0.5, 0.6) is 0 Å². The standard InChI is InChI=1S/C14H24N4O2S/c1-4-15-13-6-5-8-16-14(13)21(19,20)17-12-7-9-18(3)11(2)10-12/h5-6,8,11-12,15,17H,4,7,9-10H2,1-3H3. The van der Waals surface area contributed by atoms with Gasteiger partial charge in [0.1, 0.15) is 0 Å². The molecule has 7 heteroatoms. The Morgan fingerprint density at radius 2 is 2.24 bits per heavy atom. The van der Waals surface area contributed by atoms with Crippen LogP contribution < -0.4 is 10.0 Å². The van der Waals surface area contributed by atoms with E-state index in [1.54, 1.807) is 12.1 Å². The summed E-state index contributed by atoms with van der Waals surface area (Å²) in [7, 11) is -1.53. The van der Waals surface area contributed by atoms with Gasteiger partial charge in [-0.05, 0) is 52.4 Å². The molecular weight excluding hydrogens is 288 g/mol. The van der Waals surface area contributed by atoms with E-state index in [0.29, 0.717) is 18.3 Å². The van der Waals surface area contributed by atoms with E-state index in [1.165, 1.54) is 6.20 Å². The molecule has 0 aromatic carbocycles. The van der Waals surface area contributed by atoms with Crippen LogP contribution in [0.15, 0.2) is 23.4 Å². The number of pyridine rings is 1. The van der Waals surface area contributed by atoms with E-state index in [4.69, 9.17) is 0 Å². The zero-order valence-electron chi connectivity index (χ0n) is 12.8. The van der Waals surface area contributed by atoms with Crippen molar-refractivity contribution in [2.24, 2.45) is 0 Å². The van der Waals surface area contributed by atoms with Gasteiger partial charge in [0.25, 0.3) is 10.0 Å². The fraction of sp³-hybridized carbons (Fsp3) is 0.643. The Morgan fingerprint density at radius 3 is 2.90 bits per heavy atom. The maximum absolute atomic E-state index is 12.6. The number of hydrogen-bond acceptors (Lipinski definition) is 5. The summed E-state index contributed by atoms with van der Waals surface area (Å²) in [6.07, 6.45) is 3.15. The van der Waals surface area contributed by atoms with Gasteiger partial charge in [-0.1, -0.05) is 0 Å². The SMILES string of the molecule is CCNc1cccnc1S(=O)(=O)NC1CCN(C)C(C)C1. The van der Waals surface area contributed by atoms with Crippen molar-refractivity contribution in [1.29, 1.82) is 0 Å². The molecule has 1 aromatic heterocycles. The molecule has 1 aromatic rings. The number of nitrogens with zero attached hydrogens (tertiary/aromatic N) is 2. The van der Waals surface area contributed by atoms with E-state index < -0.39 is 10.0 Å². The first kappa shape index (κ1) is 16.2. The maximum Gasteiger partial charge on any atom is 0.260 e. The van der Waals surface area contributed by atoms with Gasteiger partial charge < -0.3 is 10.2 Å². The minimum atomic E-state index is -3.60. The van der Waals surface area contributed by atoms with Crippen LogP contribution in [-0.4, -0.2) is 50.5 Å². The molecule has 1 saturated heterocycles. The predicted molar refractivity (Wildman–Crippen MR) is 83.8 cm³/mol. The zero-order valence-corrected chi connectivity index (χ0v) is 13.7. The average molecular weight is 312 g/mol. The number of nitrogens with one attached hydrogen (secondary N) is 2. The molecule has 2 unspecified atom stereocenters. The van der Waals surface area contributed by atoms with Crippen LogP contribution in [0.2, 0.25) is 0 Å². The molecule has 1 aliphatic heterocycles. The number of rotatable bonds is 5. The molecule has 118 valence electrons. The average Bonchev–Trinajstić information content (AvgIpc) is 2.43. The summed E-state index contributed by atoms with van der Waals surface area (Å²) in [5.41, 5.74) is 0.550. The Balaban J connectivity index is 2.15. The van der Waals surface area contributed by atoms with E-state index in [1.807, 2.05) is 6.92 Å². The van der Waals surface area contributed by atoms with Crippen molar-refractivity contribution in [3.05, 3.63) is 18.3 Å². The monoisotopic (exact) mass is 312 g/mol. The van der Waals surface area contributed by atoms with Crippen molar-refractivity contribution < 1.29 is 8.42 Å². The van der Waals surface area contributed by atoms with Crippen molar-refractivity contribution in [1.82, 2.24) is 14.6 Å². The van der Waals surface area contributed by atoms with Crippen LogP contribution in [0.4, 0.5) is 5.69 Å². The topological polar surface area (TPSA) is 74.3 Å². The molecule has 2 atom stereocenters. The summed E-state index contributed by atoms with van der Waals surface area (Å²) in [6, 6.07) is 3.82. The van der Waals surface area contributed by atoms with Crippen molar-refractivity contribution >= 4 is 15.7 Å². The van der Waals surface area contributed by atoms with E-state index in [0.717, 1.165) is 19.4 Å². The number of sulfonamides is 1. The normalized spacial score (nSPS) is 24.0. The van der Waals surface area contributed by atoms with Crippen LogP contribution >= 0.6 is 0 Å². The van der Waals surface area contributed by atoms with Crippen LogP contribution in [0.1, 0.15) is 26.7 Å². The Bertz CT molecular complexity index is 576. The van der Waals surface area contributed by atoms with Gasteiger partial charge in [0.2, 0.25) is 0 Å². The van der Waals surface area contributed by atoms with Gasteiger partial charge in [-0.3, -0.25) is 0 Å². The second-order valence-electron chi connectivity index (χ2n) is 5.56. The molecule has 1 aliphatic rings. The summed E-state index contributed by atoms with van der Waals surface area (Å²) in [5.74, 6) is 0. The fourth-order valence-corrected chi connectivity index (χ4v) is 4.00. The van der Waals surface area contributed by atoms with Crippen LogP contribution in [0.3, 0.4) is 0 Å². The summed E-state index contributed by atoms with van der Waals surface area (Å²) in [5, 5.41) is 3.13. The number of likely N-dealkylation sites (tertiary alicyclic amines) is 1. The van der Waals surface area contributed by atoms with Crippen molar-refractivity contribution in [2.45, 2.75) is 43.8 Å². The second-order valence-corrected chi connectivity index (χ2v) is 7.19. The van der Waals surface area contributed by atoms with E-state index in [-0.39, 0.29) is 11.1 Å². The molecule has 2 N–H and O–H groups in total. The lowest BCUT2D eigenvalue weighted by molar-refractivity contribution is 0.178. The summed E-state index contributed by atoms with van der Waals surface area (Å²) in [6.45, 7) is 5.59. The summed E-state index contributed by atoms with van der Waals surface area (Å²) < 4.78 is 27.9. The third-order valence-corrected chi connectivity index (χ3v) is 5.40. The first-order valence-electron chi connectivity index (χ1n) is 7.35. The Labute approximate surface area is 127 Å². The lowest BCUT2D eigenvalue weighted by atomic mass is 10.0. The van der Waals surface area contributed by atoms with Crippen LogP contribution in [0, 0.1) is 0 Å². The van der Waals surface area contributed by atoms with Crippen LogP contribution in [0.25, 0.3) is 0 Å². The highest BCUT2D eigenvalue weighted by Crippen LogP contribution is 2.21. The molecule has 0 amide bonds. The number of piperidine rings is 1. The van der Waals surface area contributed by atoms with Crippen molar-refractivity contribution in [3.63, 3.8) is 0 Å². The molecule has 2 heterocycles. The largest absolute Gasteiger partial charge is 0.383 e. The lowest BCUT2D eigenvalue weighted by Gasteiger charge is -2.35. The Hall–Kier alpha value is -1.18. The highest BCUT2D eigenvalue weighted by Gasteiger charge is 2.28. The van der Waals surface area contributed by atoms with Crippen molar-refractivity contribution in [3.8, 4) is 0 Å². The van der Waals surface area contributed by atoms with Gasteiger partial charge in [0.05, 0.1) is 5.69 Å². The fourth-order valence-electron chi connectivity index (χ4n) is 2.60. The van der Waals surface area contributed by atoms with Crippen molar-refractivity contribution in [2.75, 3.05) is 25.5 Å². The number of hydrogen-bond donors (Lipinski definition) is 2. The maximum atomic E-state index is 12.6. The lowest BCUT2D eigenvalue weighted by Crippen LogP contribution is -2.47.